The van der Waals surface area contributed by atoms with Crippen LogP contribution in [0.3, 0.4) is 0 Å². The van der Waals surface area contributed by atoms with Gasteiger partial charge in [0.05, 0.1) is 12.5 Å². The molecule has 0 bridgehead atoms. The second-order valence-corrected chi connectivity index (χ2v) is 9.54. The number of nitrogens with zero attached hydrogens (tertiary/aromatic N) is 1. The van der Waals surface area contributed by atoms with Crippen LogP contribution in [0.4, 0.5) is 0 Å². The van der Waals surface area contributed by atoms with Gasteiger partial charge in [-0.2, -0.15) is 0 Å². The summed E-state index contributed by atoms with van der Waals surface area (Å²) in [5.74, 6) is 1.82. The van der Waals surface area contributed by atoms with Crippen LogP contribution < -0.4 is 4.57 Å². The van der Waals surface area contributed by atoms with Crippen LogP contribution in [0, 0.1) is 0 Å². The Labute approximate surface area is 196 Å². The van der Waals surface area contributed by atoms with Gasteiger partial charge < -0.3 is 0 Å². The van der Waals surface area contributed by atoms with Gasteiger partial charge in [0.25, 0.3) is 5.82 Å². The summed E-state index contributed by atoms with van der Waals surface area (Å²) in [6.07, 6.45) is 16.1. The van der Waals surface area contributed by atoms with E-state index in [0.717, 1.165) is 13.0 Å². The molecule has 3 rings (SSSR count). The summed E-state index contributed by atoms with van der Waals surface area (Å²) < 4.78 is 2.41. The number of aryl methyl sites for hydroxylation is 1. The largest absolute Gasteiger partial charge is 0.258 e. The van der Waals surface area contributed by atoms with Crippen LogP contribution in [0.25, 0.3) is 0 Å². The van der Waals surface area contributed by atoms with Crippen molar-refractivity contribution in [2.24, 2.45) is 0 Å². The third-order valence-corrected chi connectivity index (χ3v) is 7.18. The molecule has 1 heterocycles. The van der Waals surface area contributed by atoms with E-state index in [9.17, 15) is 0 Å². The fourth-order valence-electron chi connectivity index (χ4n) is 5.28. The van der Waals surface area contributed by atoms with Gasteiger partial charge >= 0.3 is 0 Å². The van der Waals surface area contributed by atoms with Gasteiger partial charge in [0, 0.05) is 5.41 Å². The number of imidazole rings is 1. The van der Waals surface area contributed by atoms with E-state index in [2.05, 4.69) is 103 Å². The number of benzene rings is 2. The average molecular weight is 432 g/mol. The van der Waals surface area contributed by atoms with Crippen molar-refractivity contribution in [2.75, 3.05) is 0 Å². The van der Waals surface area contributed by atoms with Gasteiger partial charge in [0.2, 0.25) is 0 Å². The molecule has 0 aliphatic heterocycles. The summed E-state index contributed by atoms with van der Waals surface area (Å²) in [7, 11) is 0. The van der Waals surface area contributed by atoms with Gasteiger partial charge in [-0.25, -0.2) is 9.55 Å². The molecule has 1 aromatic heterocycles. The Hall–Kier alpha value is -2.35. The number of unbranched alkanes of at least 4 members (excludes halogenated alkanes) is 6. The topological polar surface area (TPSA) is 19.7 Å². The van der Waals surface area contributed by atoms with Crippen LogP contribution in [-0.4, -0.2) is 4.98 Å². The highest BCUT2D eigenvalue weighted by molar-refractivity contribution is 5.32. The van der Waals surface area contributed by atoms with Crippen molar-refractivity contribution in [1.29, 1.82) is 0 Å². The van der Waals surface area contributed by atoms with Crippen LogP contribution in [-0.2, 0) is 18.4 Å². The molecule has 1 N–H and O–H groups in total. The van der Waals surface area contributed by atoms with E-state index in [1.165, 1.54) is 68.3 Å². The lowest BCUT2D eigenvalue weighted by Gasteiger charge is -2.37. The van der Waals surface area contributed by atoms with E-state index in [4.69, 9.17) is 0 Å². The van der Waals surface area contributed by atoms with Gasteiger partial charge in [0.1, 0.15) is 12.4 Å². The molecule has 0 aliphatic carbocycles. The Kier molecular flexibility index (Phi) is 9.59. The highest BCUT2D eigenvalue weighted by Gasteiger charge is 2.41. The van der Waals surface area contributed by atoms with Gasteiger partial charge in [-0.05, 0) is 30.9 Å². The van der Waals surface area contributed by atoms with Crippen molar-refractivity contribution >= 4 is 0 Å². The molecular weight excluding hydrogens is 388 g/mol. The zero-order valence-electron chi connectivity index (χ0n) is 20.5. The molecule has 3 aromatic rings. The molecule has 2 nitrogen and oxygen atoms in total. The first kappa shape index (κ1) is 24.3. The molecule has 32 heavy (non-hydrogen) atoms. The number of aromatic nitrogens is 2. The molecule has 2 atom stereocenters. The molecule has 2 unspecified atom stereocenters. The molecule has 0 radical (unpaired) electrons. The first-order valence-electron chi connectivity index (χ1n) is 12.8. The van der Waals surface area contributed by atoms with E-state index in [1.807, 2.05) is 0 Å². The molecular formula is C30H43N2+. The van der Waals surface area contributed by atoms with Gasteiger partial charge in [-0.3, -0.25) is 0 Å². The van der Waals surface area contributed by atoms with Crippen LogP contribution in [0.1, 0.15) is 95.0 Å². The second-order valence-electron chi connectivity index (χ2n) is 9.54. The van der Waals surface area contributed by atoms with Crippen molar-refractivity contribution in [2.45, 2.75) is 96.4 Å². The molecule has 0 aliphatic rings. The summed E-state index contributed by atoms with van der Waals surface area (Å²) in [4.78, 5) is 3.65. The van der Waals surface area contributed by atoms with E-state index in [0.29, 0.717) is 5.92 Å². The van der Waals surface area contributed by atoms with Crippen LogP contribution in [0.15, 0.2) is 73.1 Å². The highest BCUT2D eigenvalue weighted by atomic mass is 15.1. The van der Waals surface area contributed by atoms with Crippen molar-refractivity contribution in [3.63, 3.8) is 0 Å². The van der Waals surface area contributed by atoms with E-state index < -0.39 is 0 Å². The minimum Gasteiger partial charge on any atom is -0.247 e. The standard InChI is InChI=1S/C30H42N2/c1-4-6-7-8-9-10-17-22-28(29-31-23-24-32(29)5-2)30(3,27-20-15-12-16-21-27)25-26-18-13-11-14-19-26/h11-16,18-21,23-24,28H,4-10,17,22,25H2,1-3H3/p+1. The fourth-order valence-corrected chi connectivity index (χ4v) is 5.28. The third-order valence-electron chi connectivity index (χ3n) is 7.18. The van der Waals surface area contributed by atoms with Crippen molar-refractivity contribution in [3.8, 4) is 0 Å². The highest BCUT2D eigenvalue weighted by Crippen LogP contribution is 2.43. The Morgan fingerprint density at radius 2 is 1.44 bits per heavy atom. The Morgan fingerprint density at radius 3 is 2.09 bits per heavy atom. The molecule has 0 spiro atoms. The summed E-state index contributed by atoms with van der Waals surface area (Å²) in [6, 6.07) is 22.2. The summed E-state index contributed by atoms with van der Waals surface area (Å²) >= 11 is 0. The molecule has 0 fully saturated rings. The lowest BCUT2D eigenvalue weighted by atomic mass is 9.66. The molecule has 172 valence electrons. The predicted octanol–water partition coefficient (Wildman–Crippen LogP) is 7.75. The fraction of sp³-hybridized carbons (Fsp3) is 0.500. The van der Waals surface area contributed by atoms with Crippen LogP contribution in [0.5, 0.6) is 0 Å². The minimum absolute atomic E-state index is 0.0204. The average Bonchev–Trinajstić information content (AvgIpc) is 3.30. The number of rotatable bonds is 14. The van der Waals surface area contributed by atoms with E-state index >= 15 is 0 Å². The number of H-pyrrole nitrogens is 1. The van der Waals surface area contributed by atoms with Crippen molar-refractivity contribution < 1.29 is 4.57 Å². The predicted molar refractivity (Wildman–Crippen MR) is 136 cm³/mol. The quantitative estimate of drug-likeness (QED) is 0.199. The summed E-state index contributed by atoms with van der Waals surface area (Å²) in [6.45, 7) is 8.03. The maximum absolute atomic E-state index is 3.65. The molecule has 0 saturated carbocycles. The number of aromatic amines is 1. The number of hydrogen-bond acceptors (Lipinski definition) is 0. The summed E-state index contributed by atoms with van der Waals surface area (Å²) in [5.41, 5.74) is 2.87. The van der Waals surface area contributed by atoms with Gasteiger partial charge in [-0.1, -0.05) is 119 Å². The lowest BCUT2D eigenvalue weighted by molar-refractivity contribution is -0.701. The molecule has 0 saturated heterocycles. The Balaban J connectivity index is 1.88. The number of hydrogen-bond donors (Lipinski definition) is 1. The zero-order chi connectivity index (χ0) is 22.7. The smallest absolute Gasteiger partial charge is 0.247 e. The SMILES string of the molecule is CCCCCCCCCC(c1[nH]cc[n+]1CC)C(C)(Cc1ccccc1)c1ccccc1. The maximum Gasteiger partial charge on any atom is 0.258 e. The zero-order valence-corrected chi connectivity index (χ0v) is 20.5. The molecule has 0 amide bonds. The Bertz CT molecular complexity index is 883. The van der Waals surface area contributed by atoms with Crippen LogP contribution >= 0.6 is 0 Å². The Morgan fingerprint density at radius 1 is 0.812 bits per heavy atom. The normalized spacial score (nSPS) is 14.2. The van der Waals surface area contributed by atoms with E-state index in [-0.39, 0.29) is 5.41 Å². The monoisotopic (exact) mass is 431 g/mol. The van der Waals surface area contributed by atoms with Crippen molar-refractivity contribution in [3.05, 3.63) is 90.0 Å². The van der Waals surface area contributed by atoms with Crippen molar-refractivity contribution in [1.82, 2.24) is 4.98 Å². The maximum atomic E-state index is 3.65. The van der Waals surface area contributed by atoms with Gasteiger partial charge in [0.15, 0.2) is 0 Å². The van der Waals surface area contributed by atoms with Gasteiger partial charge in [-0.15, -0.1) is 0 Å². The minimum atomic E-state index is 0.0204. The summed E-state index contributed by atoms with van der Waals surface area (Å²) in [5, 5.41) is 0. The third kappa shape index (κ3) is 6.34. The molecule has 2 heteroatoms. The first-order valence-corrected chi connectivity index (χ1v) is 12.8. The second kappa shape index (κ2) is 12.6. The van der Waals surface area contributed by atoms with Crippen LogP contribution in [0.2, 0.25) is 0 Å². The number of nitrogens with one attached hydrogen (secondary N) is 1. The van der Waals surface area contributed by atoms with E-state index in [1.54, 1.807) is 0 Å². The molecule has 2 aromatic carbocycles. The lowest BCUT2D eigenvalue weighted by Crippen LogP contribution is -2.43. The first-order chi connectivity index (χ1) is 15.7.